The summed E-state index contributed by atoms with van der Waals surface area (Å²) in [5, 5.41) is 6.35. The molecule has 22 heavy (non-hydrogen) atoms. The maximum Gasteiger partial charge on any atom is 0.191 e. The molecule has 8 heteroatoms. The average molecular weight is 447 g/mol. The Bertz CT molecular complexity index is 416. The van der Waals surface area contributed by atoms with Crippen molar-refractivity contribution in [3.05, 3.63) is 0 Å². The van der Waals surface area contributed by atoms with Crippen LogP contribution in [0.4, 0.5) is 0 Å². The first-order valence-electron chi connectivity index (χ1n) is 7.90. The molecule has 1 heterocycles. The van der Waals surface area contributed by atoms with Gasteiger partial charge in [0.1, 0.15) is 0 Å². The zero-order chi connectivity index (χ0) is 15.6. The number of ether oxygens (including phenoxy) is 1. The number of unbranched alkanes of at least 4 members (excludes halogenated alkanes) is 1. The smallest absolute Gasteiger partial charge is 0.191 e. The third kappa shape index (κ3) is 9.83. The van der Waals surface area contributed by atoms with Gasteiger partial charge in [0, 0.05) is 32.3 Å². The van der Waals surface area contributed by atoms with Crippen molar-refractivity contribution in [3.63, 3.8) is 0 Å². The number of hydrogen-bond donors (Lipinski definition) is 2. The summed E-state index contributed by atoms with van der Waals surface area (Å²) >= 11 is 0. The Balaban J connectivity index is 0.00000441. The second-order valence-electron chi connectivity index (χ2n) is 5.32. The number of sulfone groups is 1. The van der Waals surface area contributed by atoms with Gasteiger partial charge in [0.2, 0.25) is 0 Å². The minimum atomic E-state index is -2.86. The summed E-state index contributed by atoms with van der Waals surface area (Å²) in [6.07, 6.45) is 3.79. The topological polar surface area (TPSA) is 79.8 Å². The lowest BCUT2D eigenvalue weighted by molar-refractivity contribution is 0.130. The molecule has 1 saturated heterocycles. The van der Waals surface area contributed by atoms with Crippen molar-refractivity contribution in [3.8, 4) is 0 Å². The predicted molar refractivity (Wildman–Crippen MR) is 102 cm³/mol. The van der Waals surface area contributed by atoms with Crippen LogP contribution in [-0.2, 0) is 14.6 Å². The molecule has 132 valence electrons. The van der Waals surface area contributed by atoms with Gasteiger partial charge in [-0.1, -0.05) is 13.3 Å². The highest BCUT2D eigenvalue weighted by Gasteiger charge is 2.28. The van der Waals surface area contributed by atoms with Crippen molar-refractivity contribution < 1.29 is 13.2 Å². The van der Waals surface area contributed by atoms with E-state index in [9.17, 15) is 8.42 Å². The maximum atomic E-state index is 11.4. The number of rotatable bonds is 9. The summed E-state index contributed by atoms with van der Waals surface area (Å²) < 4.78 is 28.4. The molecule has 0 amide bonds. The van der Waals surface area contributed by atoms with E-state index in [0.29, 0.717) is 18.9 Å². The van der Waals surface area contributed by atoms with Crippen molar-refractivity contribution in [1.29, 1.82) is 0 Å². The van der Waals surface area contributed by atoms with Crippen LogP contribution in [-0.4, -0.2) is 58.2 Å². The van der Waals surface area contributed by atoms with Crippen LogP contribution in [0.5, 0.6) is 0 Å². The fourth-order valence-corrected chi connectivity index (χ4v) is 3.80. The molecular formula is C14H30IN3O3S. The number of hydrogen-bond acceptors (Lipinski definition) is 4. The van der Waals surface area contributed by atoms with Crippen LogP contribution in [0.2, 0.25) is 0 Å². The lowest BCUT2D eigenvalue weighted by atomic mass is 10.3. The first-order chi connectivity index (χ1) is 10.1. The second-order valence-corrected chi connectivity index (χ2v) is 7.55. The second kappa shape index (κ2) is 12.3. The van der Waals surface area contributed by atoms with Gasteiger partial charge in [0.15, 0.2) is 15.8 Å². The lowest BCUT2D eigenvalue weighted by Crippen LogP contribution is -2.44. The van der Waals surface area contributed by atoms with Gasteiger partial charge in [0.05, 0.1) is 11.5 Å². The van der Waals surface area contributed by atoms with Crippen molar-refractivity contribution in [1.82, 2.24) is 10.6 Å². The molecule has 1 atom stereocenters. The molecule has 1 aliphatic rings. The highest BCUT2D eigenvalue weighted by atomic mass is 127. The van der Waals surface area contributed by atoms with E-state index in [1.165, 1.54) is 0 Å². The molecule has 1 unspecified atom stereocenters. The number of halogens is 1. The first-order valence-corrected chi connectivity index (χ1v) is 9.72. The van der Waals surface area contributed by atoms with Crippen LogP contribution in [0.1, 0.15) is 39.5 Å². The molecule has 6 nitrogen and oxygen atoms in total. The largest absolute Gasteiger partial charge is 0.381 e. The van der Waals surface area contributed by atoms with Crippen LogP contribution in [0.25, 0.3) is 0 Å². The standard InChI is InChI=1S/C14H29N3O3S.HI/c1-3-5-9-20-10-6-8-16-14(15-4-2)17-13-7-11-21(18,19)12-13;/h13H,3-12H2,1-2H3,(H2,15,16,17);1H. The van der Waals surface area contributed by atoms with Gasteiger partial charge in [-0.25, -0.2) is 8.42 Å². The maximum absolute atomic E-state index is 11.4. The monoisotopic (exact) mass is 447 g/mol. The van der Waals surface area contributed by atoms with Crippen LogP contribution >= 0.6 is 24.0 Å². The van der Waals surface area contributed by atoms with E-state index < -0.39 is 9.84 Å². The summed E-state index contributed by atoms with van der Waals surface area (Å²) in [4.78, 5) is 4.46. The van der Waals surface area contributed by atoms with Gasteiger partial charge in [-0.3, -0.25) is 4.99 Å². The minimum Gasteiger partial charge on any atom is -0.381 e. The van der Waals surface area contributed by atoms with E-state index >= 15 is 0 Å². The zero-order valence-corrected chi connectivity index (χ0v) is 16.8. The lowest BCUT2D eigenvalue weighted by Gasteiger charge is -2.15. The molecule has 0 radical (unpaired) electrons. The zero-order valence-electron chi connectivity index (χ0n) is 13.6. The van der Waals surface area contributed by atoms with E-state index in [-0.39, 0.29) is 41.5 Å². The van der Waals surface area contributed by atoms with Crippen LogP contribution < -0.4 is 10.6 Å². The number of nitrogens with one attached hydrogen (secondary N) is 2. The van der Waals surface area contributed by atoms with E-state index in [1.807, 2.05) is 6.92 Å². The Morgan fingerprint density at radius 2 is 2.00 bits per heavy atom. The summed E-state index contributed by atoms with van der Waals surface area (Å²) in [7, 11) is -2.86. The third-order valence-corrected chi connectivity index (χ3v) is 5.04. The molecular weight excluding hydrogens is 417 g/mol. The Hall–Kier alpha value is -0.0900. The Morgan fingerprint density at radius 1 is 1.27 bits per heavy atom. The van der Waals surface area contributed by atoms with Gasteiger partial charge < -0.3 is 15.4 Å². The fraction of sp³-hybridized carbons (Fsp3) is 0.929. The van der Waals surface area contributed by atoms with Crippen molar-refractivity contribution >= 4 is 39.8 Å². The molecule has 0 bridgehead atoms. The summed E-state index contributed by atoms with van der Waals surface area (Å²) in [5.41, 5.74) is 0. The Labute approximate surface area is 151 Å². The highest BCUT2D eigenvalue weighted by Crippen LogP contribution is 2.10. The van der Waals surface area contributed by atoms with Crippen LogP contribution in [0.3, 0.4) is 0 Å². The predicted octanol–water partition coefficient (Wildman–Crippen LogP) is 1.55. The highest BCUT2D eigenvalue weighted by molar-refractivity contribution is 14.0. The summed E-state index contributed by atoms with van der Waals surface area (Å²) in [6, 6.07) is -0.0198. The van der Waals surface area contributed by atoms with E-state index in [1.54, 1.807) is 0 Å². The number of nitrogens with zero attached hydrogens (tertiary/aromatic N) is 1. The average Bonchev–Trinajstić information content (AvgIpc) is 2.77. The third-order valence-electron chi connectivity index (χ3n) is 3.28. The Kier molecular flexibility index (Phi) is 12.3. The Morgan fingerprint density at radius 3 is 2.59 bits per heavy atom. The van der Waals surface area contributed by atoms with Crippen LogP contribution in [0.15, 0.2) is 4.99 Å². The molecule has 2 N–H and O–H groups in total. The SMILES string of the molecule is CCCCOCCCN=C(NCC)NC1CCS(=O)(=O)C1.I. The van der Waals surface area contributed by atoms with Crippen molar-refractivity contribution in [2.75, 3.05) is 37.8 Å². The molecule has 1 rings (SSSR count). The first kappa shape index (κ1) is 21.9. The summed E-state index contributed by atoms with van der Waals surface area (Å²) in [6.45, 7) is 7.13. The van der Waals surface area contributed by atoms with E-state index in [0.717, 1.165) is 39.0 Å². The normalized spacial score (nSPS) is 20.5. The quantitative estimate of drug-likeness (QED) is 0.243. The minimum absolute atomic E-state index is 0. The molecule has 1 fully saturated rings. The van der Waals surface area contributed by atoms with E-state index in [4.69, 9.17) is 4.74 Å². The molecule has 0 aliphatic carbocycles. The van der Waals surface area contributed by atoms with Gasteiger partial charge in [-0.15, -0.1) is 24.0 Å². The fourth-order valence-electron chi connectivity index (χ4n) is 2.13. The van der Waals surface area contributed by atoms with Crippen molar-refractivity contribution in [2.24, 2.45) is 4.99 Å². The molecule has 0 aromatic carbocycles. The summed E-state index contributed by atoms with van der Waals surface area (Å²) in [5.74, 6) is 1.18. The molecule has 0 aromatic heterocycles. The van der Waals surface area contributed by atoms with Crippen LogP contribution in [0, 0.1) is 0 Å². The number of guanidine groups is 1. The molecule has 0 saturated carbocycles. The van der Waals surface area contributed by atoms with Crippen molar-refractivity contribution in [2.45, 2.75) is 45.6 Å². The molecule has 1 aliphatic heterocycles. The molecule has 0 spiro atoms. The van der Waals surface area contributed by atoms with Gasteiger partial charge in [0.25, 0.3) is 0 Å². The van der Waals surface area contributed by atoms with Gasteiger partial charge in [-0.05, 0) is 26.2 Å². The number of aliphatic imine (C=N–C) groups is 1. The van der Waals surface area contributed by atoms with Gasteiger partial charge >= 0.3 is 0 Å². The molecule has 0 aromatic rings. The van der Waals surface area contributed by atoms with Gasteiger partial charge in [-0.2, -0.15) is 0 Å². The van der Waals surface area contributed by atoms with E-state index in [2.05, 4.69) is 22.5 Å².